The molecule has 24 heavy (non-hydrogen) atoms. The van der Waals surface area contributed by atoms with Crippen molar-refractivity contribution in [2.75, 3.05) is 5.32 Å². The summed E-state index contributed by atoms with van der Waals surface area (Å²) in [7, 11) is 0. The topological polar surface area (TPSA) is 100 Å². The number of imide groups is 1. The summed E-state index contributed by atoms with van der Waals surface area (Å²) >= 11 is 0. The zero-order valence-electron chi connectivity index (χ0n) is 13.0. The number of nitrogens with zero attached hydrogens (tertiary/aromatic N) is 1. The summed E-state index contributed by atoms with van der Waals surface area (Å²) in [5.41, 5.74) is 0.969. The molecule has 1 fully saturated rings. The van der Waals surface area contributed by atoms with Gasteiger partial charge in [-0.15, -0.1) is 0 Å². The normalized spacial score (nSPS) is 19.5. The molecule has 7 nitrogen and oxygen atoms in total. The van der Waals surface area contributed by atoms with Gasteiger partial charge in [-0.2, -0.15) is 0 Å². The lowest BCUT2D eigenvalue weighted by Crippen LogP contribution is -2.40. The van der Waals surface area contributed by atoms with E-state index in [1.165, 1.54) is 0 Å². The van der Waals surface area contributed by atoms with E-state index in [0.29, 0.717) is 11.3 Å². The minimum Gasteiger partial charge on any atom is -0.326 e. The highest BCUT2D eigenvalue weighted by molar-refractivity contribution is 6.07. The first-order valence-corrected chi connectivity index (χ1v) is 7.40. The van der Waals surface area contributed by atoms with Gasteiger partial charge in [0.15, 0.2) is 0 Å². The molecule has 0 spiro atoms. The van der Waals surface area contributed by atoms with Crippen LogP contribution in [0.4, 0.5) is 10.5 Å². The van der Waals surface area contributed by atoms with Crippen LogP contribution in [0.25, 0.3) is 0 Å². The number of urea groups is 1. The molecule has 2 aromatic rings. The van der Waals surface area contributed by atoms with Gasteiger partial charge in [-0.3, -0.25) is 19.9 Å². The molecule has 1 aromatic heterocycles. The molecule has 1 aromatic carbocycles. The van der Waals surface area contributed by atoms with E-state index in [9.17, 15) is 14.4 Å². The first kappa shape index (κ1) is 15.7. The number of pyridine rings is 1. The molecule has 122 valence electrons. The van der Waals surface area contributed by atoms with Crippen LogP contribution < -0.4 is 16.0 Å². The quantitative estimate of drug-likeness (QED) is 0.738. The Kier molecular flexibility index (Phi) is 3.99. The molecule has 1 aliphatic rings. The second kappa shape index (κ2) is 6.11. The SMILES string of the molecule is C[C@@]1(c2ccc(NC(=O)Cc3cccnc3)cc2)NC(=O)NC1=O. The van der Waals surface area contributed by atoms with Crippen molar-refractivity contribution >= 4 is 23.5 Å². The van der Waals surface area contributed by atoms with Crippen LogP contribution in [-0.2, 0) is 21.5 Å². The zero-order chi connectivity index (χ0) is 17.2. The number of benzene rings is 1. The largest absolute Gasteiger partial charge is 0.326 e. The molecule has 0 bridgehead atoms. The summed E-state index contributed by atoms with van der Waals surface area (Å²) in [4.78, 5) is 39.2. The van der Waals surface area contributed by atoms with Crippen LogP contribution in [0.5, 0.6) is 0 Å². The summed E-state index contributed by atoms with van der Waals surface area (Å²) in [5.74, 6) is -0.560. The highest BCUT2D eigenvalue weighted by atomic mass is 16.2. The van der Waals surface area contributed by atoms with Crippen molar-refractivity contribution in [1.82, 2.24) is 15.6 Å². The van der Waals surface area contributed by atoms with Gasteiger partial charge in [-0.25, -0.2) is 4.79 Å². The number of rotatable bonds is 4. The molecule has 0 saturated carbocycles. The Morgan fingerprint density at radius 1 is 1.21 bits per heavy atom. The molecule has 7 heteroatoms. The van der Waals surface area contributed by atoms with Crippen molar-refractivity contribution in [3.63, 3.8) is 0 Å². The smallest absolute Gasteiger partial charge is 0.322 e. The summed E-state index contributed by atoms with van der Waals surface area (Å²) < 4.78 is 0. The maximum absolute atomic E-state index is 12.0. The molecule has 1 aliphatic heterocycles. The van der Waals surface area contributed by atoms with Crippen LogP contribution in [-0.4, -0.2) is 22.8 Å². The van der Waals surface area contributed by atoms with Crippen LogP contribution in [0, 0.1) is 0 Å². The average molecular weight is 324 g/mol. The van der Waals surface area contributed by atoms with Crippen LogP contribution >= 0.6 is 0 Å². The molecule has 4 amide bonds. The Balaban J connectivity index is 1.68. The summed E-state index contributed by atoms with van der Waals surface area (Å²) in [6.45, 7) is 1.63. The first-order chi connectivity index (χ1) is 11.5. The van der Waals surface area contributed by atoms with Gasteiger partial charge < -0.3 is 10.6 Å². The van der Waals surface area contributed by atoms with Gasteiger partial charge in [0, 0.05) is 18.1 Å². The fourth-order valence-corrected chi connectivity index (χ4v) is 2.53. The fraction of sp³-hybridized carbons (Fsp3) is 0.176. The summed E-state index contributed by atoms with van der Waals surface area (Å²) in [5, 5.41) is 7.60. The van der Waals surface area contributed by atoms with Gasteiger partial charge in [-0.1, -0.05) is 18.2 Å². The monoisotopic (exact) mass is 324 g/mol. The fourth-order valence-electron chi connectivity index (χ4n) is 2.53. The van der Waals surface area contributed by atoms with Crippen molar-refractivity contribution < 1.29 is 14.4 Å². The third kappa shape index (κ3) is 3.10. The number of hydrogen-bond donors (Lipinski definition) is 3. The molecule has 0 radical (unpaired) electrons. The van der Waals surface area contributed by atoms with Crippen molar-refractivity contribution in [2.45, 2.75) is 18.9 Å². The van der Waals surface area contributed by atoms with Crippen LogP contribution in [0.2, 0.25) is 0 Å². The van der Waals surface area contributed by atoms with E-state index in [-0.39, 0.29) is 12.3 Å². The minimum atomic E-state index is -1.10. The van der Waals surface area contributed by atoms with Gasteiger partial charge in [0.1, 0.15) is 5.54 Å². The van der Waals surface area contributed by atoms with Crippen LogP contribution in [0.15, 0.2) is 48.8 Å². The van der Waals surface area contributed by atoms with E-state index >= 15 is 0 Å². The highest BCUT2D eigenvalue weighted by Crippen LogP contribution is 2.25. The Labute approximate surface area is 138 Å². The van der Waals surface area contributed by atoms with Crippen LogP contribution in [0.3, 0.4) is 0 Å². The lowest BCUT2D eigenvalue weighted by Gasteiger charge is -2.21. The molecule has 0 unspecified atom stereocenters. The molecular weight excluding hydrogens is 308 g/mol. The Morgan fingerprint density at radius 2 is 1.96 bits per heavy atom. The third-order valence-electron chi connectivity index (χ3n) is 3.88. The van der Waals surface area contributed by atoms with Crippen molar-refractivity contribution in [3.05, 3.63) is 59.9 Å². The van der Waals surface area contributed by atoms with Gasteiger partial charge in [0.2, 0.25) is 5.91 Å². The van der Waals surface area contributed by atoms with Crippen molar-refractivity contribution in [1.29, 1.82) is 0 Å². The molecular formula is C17H16N4O3. The van der Waals surface area contributed by atoms with Crippen LogP contribution in [0.1, 0.15) is 18.1 Å². The second-order valence-electron chi connectivity index (χ2n) is 5.70. The maximum atomic E-state index is 12.0. The number of carbonyl (C=O) groups is 3. The lowest BCUT2D eigenvalue weighted by atomic mass is 9.92. The molecule has 1 atom stereocenters. The number of amides is 4. The van der Waals surface area contributed by atoms with Crippen molar-refractivity contribution in [3.8, 4) is 0 Å². The van der Waals surface area contributed by atoms with E-state index in [1.54, 1.807) is 49.6 Å². The average Bonchev–Trinajstić information content (AvgIpc) is 2.82. The minimum absolute atomic E-state index is 0.158. The Bertz CT molecular complexity index is 789. The maximum Gasteiger partial charge on any atom is 0.322 e. The zero-order valence-corrected chi connectivity index (χ0v) is 13.0. The van der Waals surface area contributed by atoms with Gasteiger partial charge in [-0.05, 0) is 36.2 Å². The number of hydrogen-bond acceptors (Lipinski definition) is 4. The van der Waals surface area contributed by atoms with Crippen molar-refractivity contribution in [2.24, 2.45) is 0 Å². The van der Waals surface area contributed by atoms with Gasteiger partial charge in [0.05, 0.1) is 6.42 Å². The van der Waals surface area contributed by atoms with Gasteiger partial charge >= 0.3 is 6.03 Å². The van der Waals surface area contributed by atoms with E-state index in [1.807, 2.05) is 6.07 Å². The number of anilines is 1. The third-order valence-corrected chi connectivity index (χ3v) is 3.88. The lowest BCUT2D eigenvalue weighted by molar-refractivity contribution is -0.123. The molecule has 3 rings (SSSR count). The molecule has 1 saturated heterocycles. The molecule has 2 heterocycles. The summed E-state index contributed by atoms with van der Waals surface area (Å²) in [6, 6.07) is 9.88. The molecule has 0 aliphatic carbocycles. The Hall–Kier alpha value is -3.22. The van der Waals surface area contributed by atoms with E-state index in [4.69, 9.17) is 0 Å². The van der Waals surface area contributed by atoms with E-state index in [0.717, 1.165) is 5.56 Å². The van der Waals surface area contributed by atoms with Gasteiger partial charge in [0.25, 0.3) is 5.91 Å². The predicted molar refractivity (Wildman–Crippen MR) is 87.0 cm³/mol. The highest BCUT2D eigenvalue weighted by Gasteiger charge is 2.43. The first-order valence-electron chi connectivity index (χ1n) is 7.40. The predicted octanol–water partition coefficient (Wildman–Crippen LogP) is 1.32. The standard InChI is InChI=1S/C17H16N4O3/c1-17(15(23)20-16(24)21-17)12-4-6-13(7-5-12)19-14(22)9-11-3-2-8-18-10-11/h2-8,10H,9H2,1H3,(H,19,22)(H2,20,21,23,24)/t17-/m0/s1. The van der Waals surface area contributed by atoms with E-state index < -0.39 is 17.5 Å². The number of nitrogens with one attached hydrogen (secondary N) is 3. The Morgan fingerprint density at radius 3 is 2.54 bits per heavy atom. The van der Waals surface area contributed by atoms with E-state index in [2.05, 4.69) is 20.9 Å². The second-order valence-corrected chi connectivity index (χ2v) is 5.70. The molecule has 3 N–H and O–H groups in total. The number of carbonyl (C=O) groups excluding carboxylic acids is 3. The number of aromatic nitrogens is 1. The summed E-state index contributed by atoms with van der Waals surface area (Å²) in [6.07, 6.45) is 3.52.